The Morgan fingerprint density at radius 2 is 1.55 bits per heavy atom. The average molecular weight is 598 g/mol. The van der Waals surface area contributed by atoms with Crippen LogP contribution in [-0.4, -0.2) is 86.6 Å². The van der Waals surface area contributed by atoms with Crippen molar-refractivity contribution in [3.05, 3.63) is 96.1 Å². The molecule has 3 amide bonds. The number of nitrogens with zero attached hydrogens (tertiary/aromatic N) is 3. The molecule has 232 valence electrons. The predicted molar refractivity (Wildman–Crippen MR) is 167 cm³/mol. The van der Waals surface area contributed by atoms with Crippen LogP contribution in [0.15, 0.2) is 85.0 Å². The zero-order chi connectivity index (χ0) is 31.1. The maximum atomic E-state index is 14.9. The Labute approximate surface area is 260 Å². The second-order valence-corrected chi connectivity index (χ2v) is 12.9. The van der Waals surface area contributed by atoms with Crippen molar-refractivity contribution in [2.24, 2.45) is 11.8 Å². The molecule has 44 heavy (non-hydrogen) atoms. The summed E-state index contributed by atoms with van der Waals surface area (Å²) in [6.07, 6.45) is 9.78. The molecule has 0 aromatic heterocycles. The summed E-state index contributed by atoms with van der Waals surface area (Å²) in [6, 6.07) is 17.8. The van der Waals surface area contributed by atoms with Gasteiger partial charge in [0.25, 0.3) is 0 Å². The fraction of sp³-hybridized carbons (Fsp3) is 0.472. The molecular formula is C36H43N3O5. The molecule has 8 heteroatoms. The first kappa shape index (κ1) is 30.3. The summed E-state index contributed by atoms with van der Waals surface area (Å²) in [4.78, 5) is 49.3. The van der Waals surface area contributed by atoms with Crippen LogP contribution in [0.4, 0.5) is 0 Å². The number of benzene rings is 2. The van der Waals surface area contributed by atoms with Gasteiger partial charge in [0.05, 0.1) is 30.1 Å². The summed E-state index contributed by atoms with van der Waals surface area (Å²) in [5.74, 6) is -2.43. The van der Waals surface area contributed by atoms with Crippen molar-refractivity contribution in [1.29, 1.82) is 0 Å². The van der Waals surface area contributed by atoms with Crippen LogP contribution >= 0.6 is 0 Å². The van der Waals surface area contributed by atoms with E-state index in [1.54, 1.807) is 9.80 Å². The SMILES string of the molecule is CCCC(C)N1CC=C[C@]23O[C@]4(C)C=CCN(Cc5ccccc5)C(=O)[C@@H]4[C@H]2C(=O)N([C@@H](CO)Cc2ccccc2)C3C1=O. The smallest absolute Gasteiger partial charge is 0.249 e. The minimum absolute atomic E-state index is 0.0460. The Kier molecular flexibility index (Phi) is 8.24. The van der Waals surface area contributed by atoms with Gasteiger partial charge in [0.1, 0.15) is 11.6 Å². The number of amides is 3. The second-order valence-electron chi connectivity index (χ2n) is 12.9. The number of hydrogen-bond donors (Lipinski definition) is 1. The second kappa shape index (κ2) is 12.0. The maximum Gasteiger partial charge on any atom is 0.249 e. The van der Waals surface area contributed by atoms with Gasteiger partial charge in [-0.25, -0.2) is 0 Å². The van der Waals surface area contributed by atoms with Gasteiger partial charge in [-0.1, -0.05) is 98.3 Å². The van der Waals surface area contributed by atoms with Crippen LogP contribution in [0, 0.1) is 11.8 Å². The lowest BCUT2D eigenvalue weighted by atomic mass is 9.74. The standard InChI is InChI=1S/C36H43N3O5/c1-4-13-25(2)38-21-12-19-36-30(33(42)39(31(36)34(38)43)28(24-40)22-26-14-7-5-8-15-26)29-32(41)37(20-11-18-35(29,3)44-36)23-27-16-9-6-10-17-27/h5-12,14-19,25,28-31,40H,4,13,20-24H2,1-3H3/t25?,28-,29+,30+,31?,35-,36+/m1/s1. The summed E-state index contributed by atoms with van der Waals surface area (Å²) >= 11 is 0. The summed E-state index contributed by atoms with van der Waals surface area (Å²) in [6.45, 7) is 6.87. The Balaban J connectivity index is 1.45. The number of aliphatic hydroxyl groups excluding tert-OH is 1. The van der Waals surface area contributed by atoms with Crippen LogP contribution in [0.3, 0.4) is 0 Å². The highest BCUT2D eigenvalue weighted by molar-refractivity contribution is 6.00. The van der Waals surface area contributed by atoms with E-state index in [4.69, 9.17) is 4.74 Å². The fourth-order valence-corrected chi connectivity index (χ4v) is 7.98. The van der Waals surface area contributed by atoms with Crippen molar-refractivity contribution in [3.63, 3.8) is 0 Å². The Morgan fingerprint density at radius 1 is 0.886 bits per heavy atom. The number of likely N-dealkylation sites (tertiary alicyclic amines) is 1. The monoisotopic (exact) mass is 597 g/mol. The normalized spacial score (nSPS) is 31.0. The maximum absolute atomic E-state index is 14.9. The predicted octanol–water partition coefficient (Wildman–Crippen LogP) is 3.75. The van der Waals surface area contributed by atoms with E-state index in [1.165, 1.54) is 0 Å². The molecule has 4 aliphatic rings. The average Bonchev–Trinajstić information content (AvgIpc) is 3.30. The number of carbonyl (C=O) groups excluding carboxylic acids is 3. The van der Waals surface area contributed by atoms with Crippen molar-refractivity contribution in [2.75, 3.05) is 19.7 Å². The lowest BCUT2D eigenvalue weighted by molar-refractivity contribution is -0.156. The molecule has 4 aliphatic heterocycles. The van der Waals surface area contributed by atoms with Crippen LogP contribution in [0.2, 0.25) is 0 Å². The van der Waals surface area contributed by atoms with Crippen LogP contribution in [0.5, 0.6) is 0 Å². The van der Waals surface area contributed by atoms with Gasteiger partial charge in [-0.2, -0.15) is 0 Å². The van der Waals surface area contributed by atoms with Crippen molar-refractivity contribution in [3.8, 4) is 0 Å². The van der Waals surface area contributed by atoms with Crippen LogP contribution in [0.25, 0.3) is 0 Å². The zero-order valence-corrected chi connectivity index (χ0v) is 25.8. The molecule has 2 saturated heterocycles. The third-order valence-electron chi connectivity index (χ3n) is 9.98. The van der Waals surface area contributed by atoms with E-state index in [-0.39, 0.29) is 30.4 Å². The minimum atomic E-state index is -1.35. The van der Waals surface area contributed by atoms with Gasteiger partial charge in [0.2, 0.25) is 17.7 Å². The number of fused-ring (bicyclic) bond motifs is 2. The molecule has 8 nitrogen and oxygen atoms in total. The molecule has 1 N–H and O–H groups in total. The molecule has 2 aromatic rings. The van der Waals surface area contributed by atoms with Crippen molar-refractivity contribution in [2.45, 2.75) is 75.9 Å². The van der Waals surface area contributed by atoms with E-state index in [9.17, 15) is 19.5 Å². The molecule has 0 bridgehead atoms. The number of rotatable bonds is 9. The first-order valence-electron chi connectivity index (χ1n) is 15.9. The third-order valence-corrected chi connectivity index (χ3v) is 9.98. The highest BCUT2D eigenvalue weighted by atomic mass is 16.5. The van der Waals surface area contributed by atoms with Gasteiger partial charge in [-0.15, -0.1) is 0 Å². The lowest BCUT2D eigenvalue weighted by Crippen LogP contribution is -2.60. The van der Waals surface area contributed by atoms with E-state index in [0.717, 1.165) is 24.0 Å². The van der Waals surface area contributed by atoms with Gasteiger partial charge in [-0.05, 0) is 37.8 Å². The molecule has 1 spiro atoms. The van der Waals surface area contributed by atoms with E-state index >= 15 is 0 Å². The van der Waals surface area contributed by atoms with Crippen LogP contribution < -0.4 is 0 Å². The largest absolute Gasteiger partial charge is 0.394 e. The highest BCUT2D eigenvalue weighted by Gasteiger charge is 2.75. The third kappa shape index (κ3) is 4.98. The molecule has 2 unspecified atom stereocenters. The summed E-state index contributed by atoms with van der Waals surface area (Å²) < 4.78 is 6.99. The van der Waals surface area contributed by atoms with Crippen LogP contribution in [-0.2, 0) is 32.1 Å². The Morgan fingerprint density at radius 3 is 2.20 bits per heavy atom. The van der Waals surface area contributed by atoms with Crippen molar-refractivity contribution >= 4 is 17.7 Å². The van der Waals surface area contributed by atoms with Gasteiger partial charge in [0, 0.05) is 25.7 Å². The Bertz CT molecular complexity index is 1440. The molecular weight excluding hydrogens is 554 g/mol. The van der Waals surface area contributed by atoms with E-state index < -0.39 is 35.1 Å². The molecule has 0 radical (unpaired) electrons. The summed E-state index contributed by atoms with van der Waals surface area (Å²) in [7, 11) is 0. The quantitative estimate of drug-likeness (QED) is 0.445. The number of aliphatic hydroxyl groups is 1. The first-order chi connectivity index (χ1) is 21.2. The number of hydrogen-bond acceptors (Lipinski definition) is 5. The van der Waals surface area contributed by atoms with Gasteiger partial charge < -0.3 is 24.5 Å². The molecule has 0 saturated carbocycles. The van der Waals surface area contributed by atoms with E-state index in [2.05, 4.69) is 6.92 Å². The fourth-order valence-electron chi connectivity index (χ4n) is 7.98. The van der Waals surface area contributed by atoms with Gasteiger partial charge in [-0.3, -0.25) is 14.4 Å². The number of ether oxygens (including phenoxy) is 1. The summed E-state index contributed by atoms with van der Waals surface area (Å²) in [5, 5.41) is 10.8. The number of carbonyl (C=O) groups is 3. The van der Waals surface area contributed by atoms with E-state index in [1.807, 2.05) is 104 Å². The molecule has 7 atom stereocenters. The van der Waals surface area contributed by atoms with Crippen molar-refractivity contribution < 1.29 is 24.2 Å². The lowest BCUT2D eigenvalue weighted by Gasteiger charge is -2.41. The van der Waals surface area contributed by atoms with Gasteiger partial charge >= 0.3 is 0 Å². The molecule has 0 aliphatic carbocycles. The van der Waals surface area contributed by atoms with E-state index in [0.29, 0.717) is 26.1 Å². The first-order valence-corrected chi connectivity index (χ1v) is 15.9. The van der Waals surface area contributed by atoms with Gasteiger partial charge in [0.15, 0.2) is 0 Å². The minimum Gasteiger partial charge on any atom is -0.394 e. The molecule has 6 rings (SSSR count). The Hall–Kier alpha value is -3.75. The molecule has 2 fully saturated rings. The van der Waals surface area contributed by atoms with Crippen molar-refractivity contribution in [1.82, 2.24) is 14.7 Å². The molecule has 2 aromatic carbocycles. The van der Waals surface area contributed by atoms with Crippen LogP contribution in [0.1, 0.15) is 44.7 Å². The summed E-state index contributed by atoms with van der Waals surface area (Å²) in [5.41, 5.74) is -0.492. The topological polar surface area (TPSA) is 90.4 Å². The highest BCUT2D eigenvalue weighted by Crippen LogP contribution is 2.58. The zero-order valence-electron chi connectivity index (χ0n) is 25.8. The molecule has 4 heterocycles.